The monoisotopic (exact) mass is 486 g/mol. The van der Waals surface area contributed by atoms with E-state index in [1.165, 1.54) is 23.1 Å². The van der Waals surface area contributed by atoms with Crippen molar-refractivity contribution in [3.05, 3.63) is 93.3 Å². The predicted octanol–water partition coefficient (Wildman–Crippen LogP) is 6.92. The maximum absolute atomic E-state index is 13.3. The van der Waals surface area contributed by atoms with E-state index in [2.05, 4.69) is 34.7 Å². The first-order valence-corrected chi connectivity index (χ1v) is 11.6. The molecular formula is C26H25Cl2FN2O2. The van der Waals surface area contributed by atoms with Gasteiger partial charge in [-0.3, -0.25) is 0 Å². The Morgan fingerprint density at radius 1 is 0.909 bits per heavy atom. The summed E-state index contributed by atoms with van der Waals surface area (Å²) >= 11 is 12.6. The van der Waals surface area contributed by atoms with E-state index in [1.807, 2.05) is 19.1 Å². The number of aromatic nitrogens is 1. The third-order valence-electron chi connectivity index (χ3n) is 5.37. The number of halogens is 3. The molecule has 2 N–H and O–H groups in total. The van der Waals surface area contributed by atoms with Crippen molar-refractivity contribution in [2.75, 3.05) is 13.2 Å². The van der Waals surface area contributed by atoms with Crippen LogP contribution in [0.2, 0.25) is 10.0 Å². The van der Waals surface area contributed by atoms with Gasteiger partial charge in [-0.15, -0.1) is 0 Å². The average molecular weight is 487 g/mol. The van der Waals surface area contributed by atoms with Gasteiger partial charge in [-0.25, -0.2) is 4.39 Å². The van der Waals surface area contributed by atoms with E-state index in [4.69, 9.17) is 32.7 Å². The van der Waals surface area contributed by atoms with Crippen LogP contribution in [0.1, 0.15) is 23.6 Å². The maximum Gasteiger partial charge on any atom is 0.163 e. The lowest BCUT2D eigenvalue weighted by Crippen LogP contribution is -2.17. The van der Waals surface area contributed by atoms with Gasteiger partial charge >= 0.3 is 0 Å². The molecule has 0 fully saturated rings. The van der Waals surface area contributed by atoms with Crippen LogP contribution in [0, 0.1) is 5.82 Å². The number of ether oxygens (including phenoxy) is 2. The normalized spacial score (nSPS) is 11.2. The molecule has 0 radical (unpaired) electrons. The Labute approximate surface area is 202 Å². The fraction of sp³-hybridized carbons (Fsp3) is 0.231. The molecule has 4 rings (SSSR count). The number of hydrogen-bond acceptors (Lipinski definition) is 3. The van der Waals surface area contributed by atoms with Crippen molar-refractivity contribution in [1.29, 1.82) is 0 Å². The first kappa shape index (κ1) is 23.4. The fourth-order valence-corrected chi connectivity index (χ4v) is 4.11. The molecule has 0 aliphatic carbocycles. The Morgan fingerprint density at radius 2 is 1.70 bits per heavy atom. The lowest BCUT2D eigenvalue weighted by molar-refractivity contribution is 0.269. The van der Waals surface area contributed by atoms with Crippen LogP contribution < -0.4 is 14.8 Å². The summed E-state index contributed by atoms with van der Waals surface area (Å²) in [6.45, 7) is 3.99. The summed E-state index contributed by atoms with van der Waals surface area (Å²) in [7, 11) is 0. The Balaban J connectivity index is 1.39. The topological polar surface area (TPSA) is 46.3 Å². The second-order valence-electron chi connectivity index (χ2n) is 7.63. The fourth-order valence-electron chi connectivity index (χ4n) is 3.67. The molecule has 0 atom stereocenters. The molecule has 0 saturated carbocycles. The van der Waals surface area contributed by atoms with Crippen LogP contribution >= 0.6 is 23.2 Å². The number of fused-ring (bicyclic) bond motifs is 1. The van der Waals surface area contributed by atoms with Gasteiger partial charge in [0, 0.05) is 40.3 Å². The van der Waals surface area contributed by atoms with Crippen LogP contribution in [-0.2, 0) is 19.6 Å². The Hall–Kier alpha value is -2.73. The van der Waals surface area contributed by atoms with Crippen molar-refractivity contribution in [3.8, 4) is 11.5 Å². The SMILES string of the molecule is CCOc1cc(CNCCc2c[nH]c3ccccc23)c(Cl)cc1OCc1ccc(F)cc1Cl. The van der Waals surface area contributed by atoms with Crippen molar-refractivity contribution in [1.82, 2.24) is 10.3 Å². The molecular weight excluding hydrogens is 462 g/mol. The highest BCUT2D eigenvalue weighted by molar-refractivity contribution is 6.31. The van der Waals surface area contributed by atoms with Gasteiger partial charge in [0.15, 0.2) is 11.5 Å². The quantitative estimate of drug-likeness (QED) is 0.239. The van der Waals surface area contributed by atoms with E-state index < -0.39 is 0 Å². The first-order valence-electron chi connectivity index (χ1n) is 10.8. The number of benzene rings is 3. The van der Waals surface area contributed by atoms with Gasteiger partial charge in [0.25, 0.3) is 0 Å². The molecule has 1 aromatic heterocycles. The molecule has 0 amide bonds. The van der Waals surface area contributed by atoms with Crippen molar-refractivity contribution in [2.45, 2.75) is 26.5 Å². The minimum Gasteiger partial charge on any atom is -0.490 e. The van der Waals surface area contributed by atoms with Crippen LogP contribution in [0.3, 0.4) is 0 Å². The molecule has 3 aromatic carbocycles. The van der Waals surface area contributed by atoms with Gasteiger partial charge in [-0.1, -0.05) is 47.5 Å². The zero-order valence-electron chi connectivity index (χ0n) is 18.3. The average Bonchev–Trinajstić information content (AvgIpc) is 3.21. The molecule has 4 aromatic rings. The van der Waals surface area contributed by atoms with Gasteiger partial charge in [0.1, 0.15) is 12.4 Å². The minimum absolute atomic E-state index is 0.178. The largest absolute Gasteiger partial charge is 0.490 e. The number of rotatable bonds is 10. The van der Waals surface area contributed by atoms with E-state index in [0.29, 0.717) is 40.3 Å². The Kier molecular flexibility index (Phi) is 7.76. The summed E-state index contributed by atoms with van der Waals surface area (Å²) in [5, 5.41) is 5.60. The molecule has 0 aliphatic heterocycles. The third kappa shape index (κ3) is 5.80. The number of hydrogen-bond donors (Lipinski definition) is 2. The standard InChI is InChI=1S/C26H25Cl2FN2O2/c1-2-32-25-11-19(14-30-10-9-17-15-31-24-6-4-3-5-21(17)24)23(28)13-26(25)33-16-18-7-8-20(29)12-22(18)27/h3-8,11-13,15,30-31H,2,9-10,14,16H2,1H3. The molecule has 0 aliphatic rings. The predicted molar refractivity (Wildman–Crippen MR) is 132 cm³/mol. The maximum atomic E-state index is 13.3. The molecule has 7 heteroatoms. The second kappa shape index (κ2) is 10.9. The van der Waals surface area contributed by atoms with E-state index in [9.17, 15) is 4.39 Å². The lowest BCUT2D eigenvalue weighted by Gasteiger charge is -2.16. The molecule has 0 saturated heterocycles. The molecule has 4 nitrogen and oxygen atoms in total. The minimum atomic E-state index is -0.386. The summed E-state index contributed by atoms with van der Waals surface area (Å²) in [5.74, 6) is 0.738. The van der Waals surface area contributed by atoms with E-state index >= 15 is 0 Å². The summed E-state index contributed by atoms with van der Waals surface area (Å²) in [4.78, 5) is 3.31. The molecule has 0 spiro atoms. The molecule has 1 heterocycles. The summed E-state index contributed by atoms with van der Waals surface area (Å²) in [5.41, 5.74) is 4.03. The molecule has 0 bridgehead atoms. The molecule has 33 heavy (non-hydrogen) atoms. The van der Waals surface area contributed by atoms with Crippen LogP contribution in [0.25, 0.3) is 10.9 Å². The smallest absolute Gasteiger partial charge is 0.163 e. The van der Waals surface area contributed by atoms with E-state index in [0.717, 1.165) is 24.0 Å². The van der Waals surface area contributed by atoms with Crippen molar-refractivity contribution < 1.29 is 13.9 Å². The highest BCUT2D eigenvalue weighted by Gasteiger charge is 2.13. The number of H-pyrrole nitrogens is 1. The first-order chi connectivity index (χ1) is 16.0. The van der Waals surface area contributed by atoms with Gasteiger partial charge < -0.3 is 19.8 Å². The van der Waals surface area contributed by atoms with E-state index in [1.54, 1.807) is 12.1 Å². The zero-order chi connectivity index (χ0) is 23.2. The van der Waals surface area contributed by atoms with Gasteiger partial charge in [0.2, 0.25) is 0 Å². The highest BCUT2D eigenvalue weighted by atomic mass is 35.5. The lowest BCUT2D eigenvalue weighted by atomic mass is 10.1. The highest BCUT2D eigenvalue weighted by Crippen LogP contribution is 2.34. The van der Waals surface area contributed by atoms with Crippen LogP contribution in [-0.4, -0.2) is 18.1 Å². The number of aromatic amines is 1. The number of para-hydroxylation sites is 1. The van der Waals surface area contributed by atoms with Gasteiger partial charge in [-0.05, 0) is 55.3 Å². The zero-order valence-corrected chi connectivity index (χ0v) is 19.8. The van der Waals surface area contributed by atoms with Crippen molar-refractivity contribution in [2.24, 2.45) is 0 Å². The van der Waals surface area contributed by atoms with Crippen LogP contribution in [0.5, 0.6) is 11.5 Å². The summed E-state index contributed by atoms with van der Waals surface area (Å²) in [6, 6.07) is 16.2. The van der Waals surface area contributed by atoms with Crippen LogP contribution in [0.15, 0.2) is 60.8 Å². The van der Waals surface area contributed by atoms with Crippen LogP contribution in [0.4, 0.5) is 4.39 Å². The van der Waals surface area contributed by atoms with Gasteiger partial charge in [0.05, 0.1) is 11.6 Å². The van der Waals surface area contributed by atoms with Crippen molar-refractivity contribution >= 4 is 34.1 Å². The Bertz CT molecular complexity index is 1240. The van der Waals surface area contributed by atoms with E-state index in [-0.39, 0.29) is 12.4 Å². The third-order valence-corrected chi connectivity index (χ3v) is 6.08. The van der Waals surface area contributed by atoms with Crippen molar-refractivity contribution in [3.63, 3.8) is 0 Å². The number of nitrogens with one attached hydrogen (secondary N) is 2. The summed E-state index contributed by atoms with van der Waals surface area (Å²) < 4.78 is 25.0. The second-order valence-corrected chi connectivity index (χ2v) is 8.45. The molecule has 0 unspecified atom stereocenters. The summed E-state index contributed by atoms with van der Waals surface area (Å²) in [6.07, 6.45) is 2.96. The molecule has 172 valence electrons. The Morgan fingerprint density at radius 3 is 2.52 bits per heavy atom. The van der Waals surface area contributed by atoms with Gasteiger partial charge in [-0.2, -0.15) is 0 Å².